The monoisotopic (exact) mass is 340 g/mol. The molecule has 1 atom stereocenters. The Morgan fingerprint density at radius 3 is 2.21 bits per heavy atom. The minimum absolute atomic E-state index is 0.0123. The number of carboxylic acids is 1. The number of unbranched alkanes of at least 4 members (excludes halogenated alkanes) is 7. The molecule has 140 valence electrons. The first kappa shape index (κ1) is 22.7. The minimum atomic E-state index is -1.03. The summed E-state index contributed by atoms with van der Waals surface area (Å²) in [4.78, 5) is 10.8. The number of rotatable bonds is 16. The number of hydrogen-bond acceptors (Lipinski definition) is 3. The van der Waals surface area contributed by atoms with Crippen LogP contribution >= 0.6 is 0 Å². The van der Waals surface area contributed by atoms with Gasteiger partial charge in [-0.2, -0.15) is 0 Å². The molecule has 0 aromatic heterocycles. The van der Waals surface area contributed by atoms with Gasteiger partial charge in [0.15, 0.2) is 0 Å². The van der Waals surface area contributed by atoms with E-state index in [0.717, 1.165) is 51.4 Å². The van der Waals surface area contributed by atoms with E-state index < -0.39 is 5.97 Å². The molecule has 0 aliphatic carbocycles. The molecule has 4 nitrogen and oxygen atoms in total. The van der Waals surface area contributed by atoms with Crippen LogP contribution in [0.1, 0.15) is 84.5 Å². The van der Waals surface area contributed by atoms with E-state index in [1.165, 1.54) is 25.3 Å². The second kappa shape index (κ2) is 16.6. The zero-order valence-electron chi connectivity index (χ0n) is 15.5. The van der Waals surface area contributed by atoms with Crippen LogP contribution in [0.3, 0.4) is 0 Å². The van der Waals surface area contributed by atoms with Crippen molar-refractivity contribution in [2.45, 2.75) is 90.6 Å². The van der Waals surface area contributed by atoms with Gasteiger partial charge in [-0.3, -0.25) is 0 Å². The van der Waals surface area contributed by atoms with Gasteiger partial charge in [-0.05, 0) is 38.7 Å². The predicted molar refractivity (Wildman–Crippen MR) is 99.0 cm³/mol. The first-order chi connectivity index (χ1) is 11.6. The molecule has 0 radical (unpaired) electrons. The van der Waals surface area contributed by atoms with E-state index in [1.54, 1.807) is 13.0 Å². The van der Waals surface area contributed by atoms with Gasteiger partial charge in [-0.15, -0.1) is 0 Å². The van der Waals surface area contributed by atoms with Crippen LogP contribution in [0.2, 0.25) is 0 Å². The van der Waals surface area contributed by atoms with Crippen LogP contribution < -0.4 is 0 Å². The lowest BCUT2D eigenvalue weighted by Crippen LogP contribution is -2.05. The van der Waals surface area contributed by atoms with Crippen LogP contribution in [0.5, 0.6) is 0 Å². The van der Waals surface area contributed by atoms with Crippen LogP contribution in [0.25, 0.3) is 0 Å². The van der Waals surface area contributed by atoms with Crippen LogP contribution in [-0.2, 0) is 9.53 Å². The molecule has 0 amide bonds. The Labute approximate surface area is 147 Å². The summed E-state index contributed by atoms with van der Waals surface area (Å²) in [5.74, 6) is -1.04. The van der Waals surface area contributed by atoms with Crippen LogP contribution in [0.15, 0.2) is 24.0 Å². The highest BCUT2D eigenvalue weighted by atomic mass is 16.5. The molecule has 2 N–H and O–H groups in total. The summed E-state index contributed by atoms with van der Waals surface area (Å²) in [6, 6.07) is 0. The quantitative estimate of drug-likeness (QED) is 0.175. The molecule has 0 aromatic carbocycles. The second-order valence-corrected chi connectivity index (χ2v) is 6.19. The second-order valence-electron chi connectivity index (χ2n) is 6.19. The average molecular weight is 341 g/mol. The number of carbonyl (C=O) groups is 1. The fraction of sp³-hybridized carbons (Fsp3) is 0.750. The summed E-state index contributed by atoms with van der Waals surface area (Å²) in [6.07, 6.45) is 17.3. The summed E-state index contributed by atoms with van der Waals surface area (Å²) in [6.45, 7) is 4.32. The van der Waals surface area contributed by atoms with Gasteiger partial charge in [0.05, 0.1) is 12.7 Å². The molecule has 0 aromatic rings. The Morgan fingerprint density at radius 1 is 1.00 bits per heavy atom. The topological polar surface area (TPSA) is 66.8 Å². The van der Waals surface area contributed by atoms with Gasteiger partial charge >= 0.3 is 5.97 Å². The van der Waals surface area contributed by atoms with Gasteiger partial charge < -0.3 is 14.9 Å². The Balaban J connectivity index is 3.57. The summed E-state index contributed by atoms with van der Waals surface area (Å²) >= 11 is 0. The molecule has 0 bridgehead atoms. The highest BCUT2D eigenvalue weighted by Gasteiger charge is 2.05. The summed E-state index contributed by atoms with van der Waals surface area (Å²) in [7, 11) is 0. The number of aliphatic carboxylic acids is 1. The molecule has 0 fully saturated rings. The maximum Gasteiger partial charge on any atom is 0.371 e. The Hall–Kier alpha value is -1.29. The van der Waals surface area contributed by atoms with E-state index in [2.05, 4.69) is 6.92 Å². The van der Waals surface area contributed by atoms with Gasteiger partial charge in [0.25, 0.3) is 0 Å². The summed E-state index contributed by atoms with van der Waals surface area (Å²) < 4.78 is 5.01. The molecule has 0 heterocycles. The minimum Gasteiger partial charge on any atom is -0.487 e. The third-order valence-corrected chi connectivity index (χ3v) is 3.94. The molecule has 4 heteroatoms. The van der Waals surface area contributed by atoms with E-state index in [4.69, 9.17) is 9.84 Å². The predicted octanol–water partition coefficient (Wildman–Crippen LogP) is 5.22. The lowest BCUT2D eigenvalue weighted by molar-refractivity contribution is -0.136. The highest BCUT2D eigenvalue weighted by Crippen LogP contribution is 2.13. The fourth-order valence-corrected chi connectivity index (χ4v) is 2.54. The summed E-state index contributed by atoms with van der Waals surface area (Å²) in [5, 5.41) is 18.8. The maximum absolute atomic E-state index is 10.8. The van der Waals surface area contributed by atoms with Gasteiger partial charge in [0.2, 0.25) is 5.76 Å². The smallest absolute Gasteiger partial charge is 0.371 e. The number of ether oxygens (including phenoxy) is 1. The maximum atomic E-state index is 10.8. The third kappa shape index (κ3) is 14.3. The number of carboxylic acid groups (broad SMARTS) is 1. The third-order valence-electron chi connectivity index (χ3n) is 3.94. The van der Waals surface area contributed by atoms with Crippen molar-refractivity contribution >= 4 is 5.97 Å². The number of aliphatic hydroxyl groups excluding tert-OH is 1. The molecule has 0 aliphatic rings. The molecule has 0 aliphatic heterocycles. The van der Waals surface area contributed by atoms with Crippen molar-refractivity contribution in [3.63, 3.8) is 0 Å². The first-order valence-electron chi connectivity index (χ1n) is 9.52. The van der Waals surface area contributed by atoms with Gasteiger partial charge in [0, 0.05) is 0 Å². The van der Waals surface area contributed by atoms with Crippen molar-refractivity contribution in [3.8, 4) is 0 Å². The van der Waals surface area contributed by atoms with Crippen LogP contribution in [0, 0.1) is 0 Å². The molecule has 0 saturated heterocycles. The number of allylic oxidation sites excluding steroid dienone is 3. The molecule has 24 heavy (non-hydrogen) atoms. The number of hydrogen-bond donors (Lipinski definition) is 2. The largest absolute Gasteiger partial charge is 0.487 e. The van der Waals surface area contributed by atoms with Crippen molar-refractivity contribution in [1.29, 1.82) is 0 Å². The Kier molecular flexibility index (Phi) is 15.7. The van der Waals surface area contributed by atoms with Gasteiger partial charge in [-0.25, -0.2) is 4.79 Å². The number of aliphatic hydroxyl groups is 1. The Morgan fingerprint density at radius 2 is 1.62 bits per heavy atom. The molecule has 0 spiro atoms. The SMILES string of the molecule is CCCCCCC(O)CCCCCCC=CC=C(OCC)C(=O)O. The van der Waals surface area contributed by atoms with Crippen LogP contribution in [0.4, 0.5) is 0 Å². The van der Waals surface area contributed by atoms with Crippen molar-refractivity contribution in [1.82, 2.24) is 0 Å². The standard InChI is InChI=1S/C20H36O4/c1-3-5-6-12-15-18(21)16-13-10-8-7-9-11-14-17-19(20(22)23)24-4-2/h11,14,17-18,21H,3-10,12-13,15-16H2,1-2H3,(H,22,23). The molecule has 0 saturated carbocycles. The van der Waals surface area contributed by atoms with E-state index in [-0.39, 0.29) is 11.9 Å². The van der Waals surface area contributed by atoms with Crippen molar-refractivity contribution in [2.75, 3.05) is 6.61 Å². The van der Waals surface area contributed by atoms with Crippen molar-refractivity contribution in [3.05, 3.63) is 24.0 Å². The molecular weight excluding hydrogens is 304 g/mol. The molecule has 0 rings (SSSR count). The lowest BCUT2D eigenvalue weighted by Gasteiger charge is -2.09. The molecular formula is C20H36O4. The lowest BCUT2D eigenvalue weighted by atomic mass is 10.0. The van der Waals surface area contributed by atoms with Gasteiger partial charge in [0.1, 0.15) is 0 Å². The van der Waals surface area contributed by atoms with E-state index in [0.29, 0.717) is 6.61 Å². The van der Waals surface area contributed by atoms with E-state index in [1.807, 2.05) is 6.08 Å². The van der Waals surface area contributed by atoms with E-state index >= 15 is 0 Å². The van der Waals surface area contributed by atoms with Crippen LogP contribution in [-0.4, -0.2) is 28.9 Å². The summed E-state index contributed by atoms with van der Waals surface area (Å²) in [5.41, 5.74) is 0. The zero-order valence-corrected chi connectivity index (χ0v) is 15.5. The molecule has 1 unspecified atom stereocenters. The normalized spacial score (nSPS) is 13.4. The van der Waals surface area contributed by atoms with Crippen molar-refractivity contribution in [2.24, 2.45) is 0 Å². The Bertz CT molecular complexity index is 361. The van der Waals surface area contributed by atoms with E-state index in [9.17, 15) is 9.90 Å². The van der Waals surface area contributed by atoms with Crippen molar-refractivity contribution < 1.29 is 19.7 Å². The fourth-order valence-electron chi connectivity index (χ4n) is 2.54. The first-order valence-corrected chi connectivity index (χ1v) is 9.52. The average Bonchev–Trinajstić information content (AvgIpc) is 2.56. The highest BCUT2D eigenvalue weighted by molar-refractivity contribution is 5.84. The zero-order chi connectivity index (χ0) is 18.0. The van der Waals surface area contributed by atoms with Gasteiger partial charge in [-0.1, -0.05) is 64.0 Å².